The summed E-state index contributed by atoms with van der Waals surface area (Å²) >= 11 is 0. The van der Waals surface area contributed by atoms with Crippen LogP contribution in [0.3, 0.4) is 0 Å². The molecule has 4 nitrogen and oxygen atoms in total. The van der Waals surface area contributed by atoms with Crippen LogP contribution in [0.1, 0.15) is 12.1 Å². The fourth-order valence-corrected chi connectivity index (χ4v) is 1.59. The van der Waals surface area contributed by atoms with Gasteiger partial charge in [0.15, 0.2) is 0 Å². The molecule has 1 aliphatic heterocycles. The van der Waals surface area contributed by atoms with Crippen LogP contribution in [0.4, 0.5) is 11.8 Å². The highest BCUT2D eigenvalue weighted by molar-refractivity contribution is 5.44. The van der Waals surface area contributed by atoms with Crippen LogP contribution in [-0.2, 0) is 0 Å². The Morgan fingerprint density at radius 2 is 2.21 bits per heavy atom. The van der Waals surface area contributed by atoms with E-state index in [4.69, 9.17) is 5.73 Å². The van der Waals surface area contributed by atoms with Crippen molar-refractivity contribution in [1.82, 2.24) is 9.97 Å². The number of nitrogens with two attached hydrogens (primary N) is 1. The minimum absolute atomic E-state index is 0.356. The van der Waals surface area contributed by atoms with E-state index in [9.17, 15) is 0 Å². The van der Waals surface area contributed by atoms with Crippen molar-refractivity contribution in [3.05, 3.63) is 23.9 Å². The lowest BCUT2D eigenvalue weighted by molar-refractivity contribution is 0.802. The number of aryl methyl sites for hydroxylation is 1. The first-order valence-corrected chi connectivity index (χ1v) is 4.77. The fourth-order valence-electron chi connectivity index (χ4n) is 1.59. The molecule has 0 saturated carbocycles. The van der Waals surface area contributed by atoms with Gasteiger partial charge in [0.2, 0.25) is 5.95 Å². The third-order valence-electron chi connectivity index (χ3n) is 2.24. The minimum Gasteiger partial charge on any atom is -0.368 e. The van der Waals surface area contributed by atoms with Gasteiger partial charge in [-0.05, 0) is 13.3 Å². The Labute approximate surface area is 83.5 Å². The molecular weight excluding hydrogens is 176 g/mol. The van der Waals surface area contributed by atoms with E-state index in [1.807, 2.05) is 13.0 Å². The number of aromatic nitrogens is 2. The molecule has 0 radical (unpaired) electrons. The van der Waals surface area contributed by atoms with Crippen LogP contribution in [0.15, 0.2) is 18.2 Å². The fraction of sp³-hybridized carbons (Fsp3) is 0.400. The zero-order valence-corrected chi connectivity index (χ0v) is 8.27. The van der Waals surface area contributed by atoms with Gasteiger partial charge in [-0.2, -0.15) is 4.98 Å². The number of rotatable bonds is 1. The van der Waals surface area contributed by atoms with Gasteiger partial charge in [-0.1, -0.05) is 12.2 Å². The Morgan fingerprint density at radius 1 is 1.36 bits per heavy atom. The van der Waals surface area contributed by atoms with Gasteiger partial charge in [-0.25, -0.2) is 4.98 Å². The third kappa shape index (κ3) is 1.84. The molecule has 2 rings (SSSR count). The van der Waals surface area contributed by atoms with E-state index in [0.29, 0.717) is 5.95 Å². The molecule has 4 heteroatoms. The molecule has 0 bridgehead atoms. The second-order valence-corrected chi connectivity index (χ2v) is 3.43. The Hall–Kier alpha value is -1.58. The summed E-state index contributed by atoms with van der Waals surface area (Å²) in [5.41, 5.74) is 6.52. The molecule has 2 heterocycles. The summed E-state index contributed by atoms with van der Waals surface area (Å²) in [7, 11) is 0. The molecule has 0 fully saturated rings. The van der Waals surface area contributed by atoms with Gasteiger partial charge in [0, 0.05) is 24.8 Å². The molecule has 0 spiro atoms. The predicted molar refractivity (Wildman–Crippen MR) is 57.2 cm³/mol. The summed E-state index contributed by atoms with van der Waals surface area (Å²) in [6.45, 7) is 3.85. The van der Waals surface area contributed by atoms with Gasteiger partial charge < -0.3 is 10.6 Å². The summed E-state index contributed by atoms with van der Waals surface area (Å²) in [6.07, 6.45) is 5.41. The van der Waals surface area contributed by atoms with E-state index >= 15 is 0 Å². The Morgan fingerprint density at radius 3 is 2.86 bits per heavy atom. The molecule has 2 N–H and O–H groups in total. The molecule has 0 aromatic carbocycles. The van der Waals surface area contributed by atoms with Crippen molar-refractivity contribution in [3.8, 4) is 0 Å². The summed E-state index contributed by atoms with van der Waals surface area (Å²) in [5.74, 6) is 1.29. The first-order valence-electron chi connectivity index (χ1n) is 4.77. The smallest absolute Gasteiger partial charge is 0.222 e. The molecule has 74 valence electrons. The molecule has 0 atom stereocenters. The average molecular weight is 190 g/mol. The quantitative estimate of drug-likeness (QED) is 0.674. The number of anilines is 2. The van der Waals surface area contributed by atoms with Crippen molar-refractivity contribution in [3.63, 3.8) is 0 Å². The maximum Gasteiger partial charge on any atom is 0.222 e. The number of hydrogen-bond acceptors (Lipinski definition) is 4. The number of nitrogens with zero attached hydrogens (tertiary/aromatic N) is 3. The van der Waals surface area contributed by atoms with Crippen LogP contribution in [0.25, 0.3) is 0 Å². The zero-order valence-electron chi connectivity index (χ0n) is 8.27. The molecule has 0 aliphatic carbocycles. The van der Waals surface area contributed by atoms with Crippen molar-refractivity contribution in [2.45, 2.75) is 13.3 Å². The number of hydrogen-bond donors (Lipinski definition) is 1. The van der Waals surface area contributed by atoms with E-state index < -0.39 is 0 Å². The lowest BCUT2D eigenvalue weighted by Crippen LogP contribution is -2.28. The van der Waals surface area contributed by atoms with Gasteiger partial charge in [0.25, 0.3) is 0 Å². The Kier molecular flexibility index (Phi) is 2.35. The molecule has 1 aromatic heterocycles. The van der Waals surface area contributed by atoms with Crippen molar-refractivity contribution < 1.29 is 0 Å². The molecule has 0 saturated heterocycles. The lowest BCUT2D eigenvalue weighted by atomic mass is 10.2. The van der Waals surface area contributed by atoms with Crippen LogP contribution in [0.5, 0.6) is 0 Å². The first kappa shape index (κ1) is 8.99. The Balaban J connectivity index is 2.26. The monoisotopic (exact) mass is 190 g/mol. The van der Waals surface area contributed by atoms with Crippen molar-refractivity contribution in [2.24, 2.45) is 0 Å². The lowest BCUT2D eigenvalue weighted by Gasteiger charge is -2.24. The second kappa shape index (κ2) is 3.65. The van der Waals surface area contributed by atoms with E-state index in [1.165, 1.54) is 0 Å². The van der Waals surface area contributed by atoms with Gasteiger partial charge in [-0.3, -0.25) is 0 Å². The first-order chi connectivity index (χ1) is 6.75. The highest BCUT2D eigenvalue weighted by atomic mass is 15.2. The largest absolute Gasteiger partial charge is 0.368 e. The zero-order chi connectivity index (χ0) is 9.97. The van der Waals surface area contributed by atoms with E-state index in [1.54, 1.807) is 0 Å². The van der Waals surface area contributed by atoms with Crippen LogP contribution in [0, 0.1) is 6.92 Å². The van der Waals surface area contributed by atoms with Gasteiger partial charge in [0.1, 0.15) is 5.82 Å². The minimum atomic E-state index is 0.356. The highest BCUT2D eigenvalue weighted by Gasteiger charge is 2.09. The normalized spacial score (nSPS) is 15.9. The van der Waals surface area contributed by atoms with Gasteiger partial charge >= 0.3 is 0 Å². The summed E-state index contributed by atoms with van der Waals surface area (Å²) < 4.78 is 0. The second-order valence-electron chi connectivity index (χ2n) is 3.43. The highest BCUT2D eigenvalue weighted by Crippen LogP contribution is 2.15. The summed E-state index contributed by atoms with van der Waals surface area (Å²) in [4.78, 5) is 10.5. The van der Waals surface area contributed by atoms with E-state index in [0.717, 1.165) is 31.0 Å². The Bertz CT molecular complexity index is 339. The number of nitrogen functional groups attached to an aromatic ring is 1. The van der Waals surface area contributed by atoms with Gasteiger partial charge in [0.05, 0.1) is 0 Å². The average Bonchev–Trinajstić information content (AvgIpc) is 2.18. The topological polar surface area (TPSA) is 55.0 Å². The summed E-state index contributed by atoms with van der Waals surface area (Å²) in [6, 6.07) is 1.97. The van der Waals surface area contributed by atoms with Gasteiger partial charge in [-0.15, -0.1) is 0 Å². The van der Waals surface area contributed by atoms with Crippen LogP contribution in [0.2, 0.25) is 0 Å². The van der Waals surface area contributed by atoms with Crippen LogP contribution >= 0.6 is 0 Å². The van der Waals surface area contributed by atoms with Crippen LogP contribution < -0.4 is 10.6 Å². The molecule has 1 aliphatic rings. The maximum atomic E-state index is 5.60. The molecule has 1 aromatic rings. The molecular formula is C10H14N4. The predicted octanol–water partition coefficient (Wildman–Crippen LogP) is 1.13. The van der Waals surface area contributed by atoms with E-state index in [2.05, 4.69) is 27.0 Å². The van der Waals surface area contributed by atoms with Crippen molar-refractivity contribution in [2.75, 3.05) is 23.7 Å². The molecule has 0 amide bonds. The SMILES string of the molecule is Cc1cc(N2CC=CCC2)nc(N)n1. The van der Waals surface area contributed by atoms with Crippen molar-refractivity contribution >= 4 is 11.8 Å². The van der Waals surface area contributed by atoms with E-state index in [-0.39, 0.29) is 0 Å². The third-order valence-corrected chi connectivity index (χ3v) is 2.24. The van der Waals surface area contributed by atoms with Crippen molar-refractivity contribution in [1.29, 1.82) is 0 Å². The molecule has 14 heavy (non-hydrogen) atoms. The molecule has 0 unspecified atom stereocenters. The standard InChI is InChI=1S/C10H14N4/c1-8-7-9(13-10(11)12-8)14-5-3-2-4-6-14/h2-3,7H,4-6H2,1H3,(H2,11,12,13). The summed E-state index contributed by atoms with van der Waals surface area (Å²) in [5, 5.41) is 0. The maximum absolute atomic E-state index is 5.60. The van der Waals surface area contributed by atoms with Crippen LogP contribution in [-0.4, -0.2) is 23.1 Å².